The number of nitrogens with zero attached hydrogens (tertiary/aromatic N) is 1. The summed E-state index contributed by atoms with van der Waals surface area (Å²) in [4.78, 5) is 11.6. The van der Waals surface area contributed by atoms with Crippen LogP contribution in [0.25, 0.3) is 0 Å². The number of benzene rings is 1. The van der Waals surface area contributed by atoms with Gasteiger partial charge in [0.05, 0.1) is 0 Å². The van der Waals surface area contributed by atoms with Gasteiger partial charge in [0.25, 0.3) is 10.0 Å². The van der Waals surface area contributed by atoms with Crippen LogP contribution in [0.1, 0.15) is 12.5 Å². The maximum atomic E-state index is 14.4. The van der Waals surface area contributed by atoms with Gasteiger partial charge in [-0.3, -0.25) is 0 Å². The summed E-state index contributed by atoms with van der Waals surface area (Å²) in [7, 11) is -7.45. The van der Waals surface area contributed by atoms with Crippen LogP contribution in [0, 0.1) is 0 Å². The number of carbonyl (C=O) groups is 1. The van der Waals surface area contributed by atoms with Crippen molar-refractivity contribution in [1.29, 1.82) is 0 Å². The average Bonchev–Trinajstić information content (AvgIpc) is 2.88. The number of rotatable bonds is 14. The summed E-state index contributed by atoms with van der Waals surface area (Å²) < 4.78 is 257. The maximum absolute atomic E-state index is 14.4. The first kappa shape index (κ1) is 39.2. The highest BCUT2D eigenvalue weighted by Crippen LogP contribution is 2.64. The summed E-state index contributed by atoms with van der Waals surface area (Å²) >= 11 is 0. The number of halogens is 17. The Morgan fingerprint density at radius 3 is 1.52 bits per heavy atom. The van der Waals surface area contributed by atoms with E-state index in [2.05, 4.69) is 4.74 Å². The minimum absolute atomic E-state index is 0.380. The smallest absolute Gasteiger partial charge is 0.445 e. The van der Waals surface area contributed by atoms with Crippen molar-refractivity contribution in [3.63, 3.8) is 0 Å². The number of amides is 1. The van der Waals surface area contributed by atoms with Gasteiger partial charge in [-0.05, 0) is 5.56 Å². The molecule has 0 spiro atoms. The van der Waals surface area contributed by atoms with E-state index >= 15 is 0 Å². The van der Waals surface area contributed by atoms with Gasteiger partial charge in [-0.15, -0.1) is 0 Å². The predicted octanol–water partition coefficient (Wildman–Crippen LogP) is 6.53. The first-order valence-electron chi connectivity index (χ1n) is 11.1. The molecule has 0 aliphatic heterocycles. The zero-order chi connectivity index (χ0) is 35.0. The molecule has 1 rings (SSSR count). The van der Waals surface area contributed by atoms with Crippen LogP contribution in [-0.4, -0.2) is 85.4 Å². The topological polar surface area (TPSA) is 75.7 Å². The number of ether oxygens (including phenoxy) is 1. The highest BCUT2D eigenvalue weighted by Gasteiger charge is 2.96. The fraction of sp³-hybridized carbons (Fsp3) is 0.650. The van der Waals surface area contributed by atoms with Crippen LogP contribution in [-0.2, 0) is 21.4 Å². The monoisotopic (exact) mass is 704 g/mol. The van der Waals surface area contributed by atoms with E-state index < -0.39 is 93.6 Å². The molecule has 44 heavy (non-hydrogen) atoms. The van der Waals surface area contributed by atoms with E-state index in [1.54, 1.807) is 11.4 Å². The third-order valence-corrected chi connectivity index (χ3v) is 7.58. The lowest BCUT2D eigenvalue weighted by molar-refractivity contribution is -0.458. The molecule has 0 heterocycles. The van der Waals surface area contributed by atoms with Crippen LogP contribution in [0.4, 0.5) is 79.4 Å². The number of sulfonamides is 1. The molecule has 0 bridgehead atoms. The lowest BCUT2D eigenvalue weighted by Gasteiger charge is -2.43. The van der Waals surface area contributed by atoms with Crippen LogP contribution in [0.15, 0.2) is 30.3 Å². The predicted molar refractivity (Wildman–Crippen MR) is 111 cm³/mol. The third-order valence-electron chi connectivity index (χ3n) is 5.55. The fourth-order valence-electron chi connectivity index (χ4n) is 2.98. The van der Waals surface area contributed by atoms with Gasteiger partial charge >= 0.3 is 53.1 Å². The molecule has 0 aliphatic carbocycles. The minimum atomic E-state index is -8.91. The molecular formula is C20H17F17N2O4S. The molecule has 0 saturated carbocycles. The van der Waals surface area contributed by atoms with Gasteiger partial charge in [-0.2, -0.15) is 78.9 Å². The van der Waals surface area contributed by atoms with Gasteiger partial charge in [0.1, 0.15) is 6.61 Å². The largest absolute Gasteiger partial charge is 0.460 e. The molecule has 0 atom stereocenters. The summed E-state index contributed by atoms with van der Waals surface area (Å²) in [5, 5.41) is -5.99. The molecule has 0 fully saturated rings. The summed E-state index contributed by atoms with van der Waals surface area (Å²) in [6.07, 6.45) is -9.32. The van der Waals surface area contributed by atoms with E-state index in [1.165, 1.54) is 24.3 Å². The quantitative estimate of drug-likeness (QED) is 0.224. The number of hydrogen-bond acceptors (Lipinski definition) is 4. The number of carbonyl (C=O) groups excluding carboxylic acids is 1. The molecule has 0 unspecified atom stereocenters. The summed E-state index contributed by atoms with van der Waals surface area (Å²) in [5.74, 6) is -52.0. The molecule has 1 N–H and O–H groups in total. The van der Waals surface area contributed by atoms with E-state index in [0.717, 1.165) is 0 Å². The summed E-state index contributed by atoms with van der Waals surface area (Å²) in [6.45, 7) is -4.07. The normalized spacial score (nSPS) is 15.0. The average molecular weight is 704 g/mol. The SMILES string of the molecule is CCN(CCNC(=O)OCc1ccccc1)S(=O)(=O)C(F)(F)C(F)(F)C(F)(F)C(F)(F)C(F)(F)C(F)(F)C(F)(F)C(F)(F)F. The number of nitrogens with one attached hydrogen (secondary N) is 1. The second-order valence-electron chi connectivity index (χ2n) is 8.45. The van der Waals surface area contributed by atoms with Gasteiger partial charge in [0, 0.05) is 19.6 Å². The van der Waals surface area contributed by atoms with Gasteiger partial charge in [-0.1, -0.05) is 37.3 Å². The van der Waals surface area contributed by atoms with Gasteiger partial charge < -0.3 is 10.1 Å². The second kappa shape index (κ2) is 12.2. The Morgan fingerprint density at radius 2 is 1.11 bits per heavy atom. The Hall–Kier alpha value is -2.79. The molecule has 1 aromatic carbocycles. The van der Waals surface area contributed by atoms with Gasteiger partial charge in [-0.25, -0.2) is 13.2 Å². The Kier molecular flexibility index (Phi) is 10.9. The van der Waals surface area contributed by atoms with Crippen molar-refractivity contribution in [1.82, 2.24) is 9.62 Å². The van der Waals surface area contributed by atoms with E-state index in [1.807, 2.05) is 0 Å². The molecule has 1 amide bonds. The van der Waals surface area contributed by atoms with Gasteiger partial charge in [0.2, 0.25) is 0 Å². The van der Waals surface area contributed by atoms with Crippen LogP contribution in [0.5, 0.6) is 0 Å². The second-order valence-corrected chi connectivity index (χ2v) is 10.4. The van der Waals surface area contributed by atoms with Crippen LogP contribution in [0.3, 0.4) is 0 Å². The fourth-order valence-corrected chi connectivity index (χ4v) is 4.43. The van der Waals surface area contributed by atoms with E-state index in [-0.39, 0.29) is 0 Å². The van der Waals surface area contributed by atoms with Gasteiger partial charge in [0.15, 0.2) is 0 Å². The van der Waals surface area contributed by atoms with Crippen LogP contribution >= 0.6 is 0 Å². The lowest BCUT2D eigenvalue weighted by atomic mass is 9.91. The molecule has 1 aromatic rings. The van der Waals surface area contributed by atoms with E-state index in [0.29, 0.717) is 12.5 Å². The van der Waals surface area contributed by atoms with Crippen molar-refractivity contribution < 1.29 is 92.6 Å². The molecule has 256 valence electrons. The van der Waals surface area contributed by atoms with Crippen molar-refractivity contribution in [2.24, 2.45) is 0 Å². The molecule has 0 saturated heterocycles. The Labute approximate surface area is 235 Å². The molecule has 0 aromatic heterocycles. The van der Waals surface area contributed by atoms with E-state index in [9.17, 15) is 87.8 Å². The molecule has 24 heteroatoms. The van der Waals surface area contributed by atoms with Crippen molar-refractivity contribution >= 4 is 16.1 Å². The van der Waals surface area contributed by atoms with Crippen molar-refractivity contribution in [3.8, 4) is 0 Å². The summed E-state index contributed by atoms with van der Waals surface area (Å²) in [6, 6.07) is 7.45. The highest BCUT2D eigenvalue weighted by atomic mass is 32.2. The van der Waals surface area contributed by atoms with Crippen LogP contribution in [0.2, 0.25) is 0 Å². The van der Waals surface area contributed by atoms with Crippen molar-refractivity contribution in [3.05, 3.63) is 35.9 Å². The molecular weight excluding hydrogens is 687 g/mol. The molecule has 0 aliphatic rings. The molecule has 0 radical (unpaired) electrons. The standard InChI is InChI=1S/C20H17F17N2O4S/c1-2-39(9-8-38-12(40)43-10-11-6-4-3-5-7-11)44(41,42)20(36,37)18(31,32)16(27,28)14(23,24)13(21,22)15(25,26)17(29,30)19(33,34)35/h3-7H,2,8-10H2,1H3,(H,38,40). The zero-order valence-corrected chi connectivity index (χ0v) is 21.9. The Balaban J connectivity index is 3.34. The number of likely N-dealkylation sites (N-methyl/N-ethyl adjacent to an activating group) is 1. The zero-order valence-electron chi connectivity index (χ0n) is 21.1. The summed E-state index contributed by atoms with van der Waals surface area (Å²) in [5.41, 5.74) is 0.380. The Morgan fingerprint density at radius 1 is 0.705 bits per heavy atom. The first-order chi connectivity index (χ1) is 19.4. The van der Waals surface area contributed by atoms with Crippen molar-refractivity contribution in [2.45, 2.75) is 60.5 Å². The number of alkyl halides is 17. The van der Waals surface area contributed by atoms with Crippen LogP contribution < -0.4 is 5.32 Å². The lowest BCUT2D eigenvalue weighted by Crippen LogP contribution is -2.75. The van der Waals surface area contributed by atoms with Crippen molar-refractivity contribution in [2.75, 3.05) is 19.6 Å². The maximum Gasteiger partial charge on any atom is 0.460 e. The number of alkyl carbamates (subject to hydrolysis) is 1. The van der Waals surface area contributed by atoms with E-state index in [4.69, 9.17) is 0 Å². The third kappa shape index (κ3) is 6.18. The highest BCUT2D eigenvalue weighted by molar-refractivity contribution is 7.90. The minimum Gasteiger partial charge on any atom is -0.445 e. The first-order valence-corrected chi connectivity index (χ1v) is 12.5. The molecule has 6 nitrogen and oxygen atoms in total. The number of hydrogen-bond donors (Lipinski definition) is 1. The Bertz CT molecular complexity index is 1250.